The van der Waals surface area contributed by atoms with Gasteiger partial charge in [-0.1, -0.05) is 6.42 Å². The summed E-state index contributed by atoms with van der Waals surface area (Å²) in [6.45, 7) is 0. The van der Waals surface area contributed by atoms with Gasteiger partial charge >= 0.3 is 5.69 Å². The van der Waals surface area contributed by atoms with Crippen molar-refractivity contribution in [2.45, 2.75) is 25.7 Å². The largest absolute Gasteiger partial charge is 0.301 e. The van der Waals surface area contributed by atoms with Crippen molar-refractivity contribution in [3.05, 3.63) is 38.4 Å². The molecule has 0 spiro atoms. The highest BCUT2D eigenvalue weighted by molar-refractivity contribution is 5.68. The highest BCUT2D eigenvalue weighted by Crippen LogP contribution is 2.47. The summed E-state index contributed by atoms with van der Waals surface area (Å²) in [4.78, 5) is 20.4. The zero-order chi connectivity index (χ0) is 15.7. The molecule has 1 aromatic rings. The van der Waals surface area contributed by atoms with E-state index in [1.807, 2.05) is 6.21 Å². The van der Waals surface area contributed by atoms with Crippen molar-refractivity contribution in [3.8, 4) is 0 Å². The number of anilines is 1. The van der Waals surface area contributed by atoms with Gasteiger partial charge in [0, 0.05) is 12.3 Å². The molecule has 3 unspecified atom stereocenters. The van der Waals surface area contributed by atoms with E-state index in [-0.39, 0.29) is 17.1 Å². The lowest BCUT2D eigenvalue weighted by atomic mass is 9.90. The van der Waals surface area contributed by atoms with Gasteiger partial charge < -0.3 is 0 Å². The monoisotopic (exact) mass is 304 g/mol. The average Bonchev–Trinajstić information content (AvgIpc) is 3.09. The van der Waals surface area contributed by atoms with E-state index in [0.717, 1.165) is 18.4 Å². The lowest BCUT2D eigenvalue weighted by molar-refractivity contribution is -0.393. The zero-order valence-corrected chi connectivity index (χ0v) is 11.8. The van der Waals surface area contributed by atoms with Crippen LogP contribution < -0.4 is 5.43 Å². The van der Waals surface area contributed by atoms with Gasteiger partial charge in [0.2, 0.25) is 0 Å². The second kappa shape index (κ2) is 5.70. The standard InChI is InChI=1S/C14H16N4O4/c19-17(20)12-3-4-13(14(7-12)18(21)22)16-15-8-11-6-9-1-2-10(11)5-9/h3-4,7-11,16H,1-2,5-6H2. The van der Waals surface area contributed by atoms with Crippen LogP contribution in [-0.4, -0.2) is 16.1 Å². The van der Waals surface area contributed by atoms with Gasteiger partial charge in [0.15, 0.2) is 0 Å². The SMILES string of the molecule is O=[N+]([O-])c1ccc(NN=CC2CC3CCC2C3)c([N+](=O)[O-])c1. The van der Waals surface area contributed by atoms with Gasteiger partial charge in [0.1, 0.15) is 5.69 Å². The third-order valence-electron chi connectivity index (χ3n) is 4.63. The minimum absolute atomic E-state index is 0.162. The van der Waals surface area contributed by atoms with Crippen molar-refractivity contribution in [1.29, 1.82) is 0 Å². The minimum Gasteiger partial charge on any atom is -0.272 e. The molecule has 2 bridgehead atoms. The number of hydrogen-bond donors (Lipinski definition) is 1. The Bertz CT molecular complexity index is 646. The highest BCUT2D eigenvalue weighted by atomic mass is 16.6. The number of hydrazone groups is 1. The Morgan fingerprint density at radius 2 is 2.00 bits per heavy atom. The van der Waals surface area contributed by atoms with Gasteiger partial charge in [-0.25, -0.2) is 0 Å². The number of fused-ring (bicyclic) bond motifs is 2. The zero-order valence-electron chi connectivity index (χ0n) is 11.8. The first-order valence-corrected chi connectivity index (χ1v) is 7.26. The number of rotatable bonds is 5. The van der Waals surface area contributed by atoms with E-state index in [9.17, 15) is 20.2 Å². The van der Waals surface area contributed by atoms with Crippen molar-refractivity contribution < 1.29 is 9.85 Å². The van der Waals surface area contributed by atoms with Crippen LogP contribution in [0.3, 0.4) is 0 Å². The van der Waals surface area contributed by atoms with Crippen LogP contribution in [0.1, 0.15) is 25.7 Å². The topological polar surface area (TPSA) is 111 Å². The van der Waals surface area contributed by atoms with Crippen molar-refractivity contribution >= 4 is 23.3 Å². The summed E-state index contributed by atoms with van der Waals surface area (Å²) in [5.41, 5.74) is 2.16. The number of non-ortho nitro benzene ring substituents is 1. The second-order valence-corrected chi connectivity index (χ2v) is 5.94. The van der Waals surface area contributed by atoms with Crippen LogP contribution in [0.4, 0.5) is 17.1 Å². The van der Waals surface area contributed by atoms with Gasteiger partial charge in [0.25, 0.3) is 5.69 Å². The highest BCUT2D eigenvalue weighted by Gasteiger charge is 2.38. The first-order valence-electron chi connectivity index (χ1n) is 7.26. The average molecular weight is 304 g/mol. The van der Waals surface area contributed by atoms with E-state index in [1.165, 1.54) is 31.4 Å². The van der Waals surface area contributed by atoms with Crippen LogP contribution in [0.25, 0.3) is 0 Å². The van der Waals surface area contributed by atoms with E-state index in [2.05, 4.69) is 10.5 Å². The number of nitro benzene ring substituents is 2. The normalized spacial score (nSPS) is 26.5. The van der Waals surface area contributed by atoms with Crippen LogP contribution in [0.5, 0.6) is 0 Å². The number of nitrogens with one attached hydrogen (secondary N) is 1. The Morgan fingerprint density at radius 3 is 2.59 bits per heavy atom. The summed E-state index contributed by atoms with van der Waals surface area (Å²) in [6, 6.07) is 3.48. The molecule has 2 aliphatic carbocycles. The molecule has 8 heteroatoms. The van der Waals surface area contributed by atoms with Crippen LogP contribution in [0.15, 0.2) is 23.3 Å². The van der Waals surface area contributed by atoms with E-state index in [4.69, 9.17) is 0 Å². The molecule has 8 nitrogen and oxygen atoms in total. The van der Waals surface area contributed by atoms with E-state index < -0.39 is 9.85 Å². The molecule has 0 amide bonds. The Hall–Kier alpha value is -2.51. The number of hydrogen-bond acceptors (Lipinski definition) is 6. The van der Waals surface area contributed by atoms with Crippen molar-refractivity contribution in [1.82, 2.24) is 0 Å². The van der Waals surface area contributed by atoms with Crippen molar-refractivity contribution in [2.24, 2.45) is 22.9 Å². The van der Waals surface area contributed by atoms with Crippen LogP contribution in [-0.2, 0) is 0 Å². The lowest BCUT2D eigenvalue weighted by Crippen LogP contribution is -2.12. The van der Waals surface area contributed by atoms with E-state index in [1.54, 1.807) is 0 Å². The molecule has 0 radical (unpaired) electrons. The molecule has 1 aromatic carbocycles. The molecule has 3 atom stereocenters. The molecule has 0 heterocycles. The molecule has 1 N–H and O–H groups in total. The molecule has 2 saturated carbocycles. The molecule has 2 aliphatic rings. The molecule has 116 valence electrons. The third kappa shape index (κ3) is 2.76. The Balaban J connectivity index is 1.71. The van der Waals surface area contributed by atoms with Gasteiger partial charge in [-0.05, 0) is 43.1 Å². The fourth-order valence-electron chi connectivity index (χ4n) is 3.56. The molecule has 0 saturated heterocycles. The maximum atomic E-state index is 11.0. The molecular formula is C14H16N4O4. The first kappa shape index (κ1) is 14.4. The first-order chi connectivity index (χ1) is 10.5. The third-order valence-corrected chi connectivity index (χ3v) is 4.63. The number of nitro groups is 2. The molecule has 3 rings (SSSR count). The lowest BCUT2D eigenvalue weighted by Gasteiger charge is -2.16. The fraction of sp³-hybridized carbons (Fsp3) is 0.500. The van der Waals surface area contributed by atoms with Crippen molar-refractivity contribution in [2.75, 3.05) is 5.43 Å². The second-order valence-electron chi connectivity index (χ2n) is 5.94. The Labute approximate surface area is 126 Å². The molecule has 0 aromatic heterocycles. The summed E-state index contributed by atoms with van der Waals surface area (Å²) in [6.07, 6.45) is 6.76. The van der Waals surface area contributed by atoms with E-state index >= 15 is 0 Å². The summed E-state index contributed by atoms with van der Waals surface area (Å²) in [5.74, 6) is 1.92. The maximum Gasteiger partial charge on any atom is 0.301 e. The number of nitrogens with zero attached hydrogens (tertiary/aromatic N) is 3. The van der Waals surface area contributed by atoms with Gasteiger partial charge in [-0.2, -0.15) is 5.10 Å². The smallest absolute Gasteiger partial charge is 0.272 e. The van der Waals surface area contributed by atoms with Crippen LogP contribution in [0.2, 0.25) is 0 Å². The van der Waals surface area contributed by atoms with Gasteiger partial charge in [-0.15, -0.1) is 0 Å². The minimum atomic E-state index is -0.657. The molecular weight excluding hydrogens is 288 g/mol. The Kier molecular flexibility index (Phi) is 3.74. The van der Waals surface area contributed by atoms with Gasteiger partial charge in [0.05, 0.1) is 15.9 Å². The summed E-state index contributed by atoms with van der Waals surface area (Å²) < 4.78 is 0. The fourth-order valence-corrected chi connectivity index (χ4v) is 3.56. The number of benzene rings is 1. The predicted octanol–water partition coefficient (Wildman–Crippen LogP) is 3.34. The summed E-state index contributed by atoms with van der Waals surface area (Å²) in [7, 11) is 0. The summed E-state index contributed by atoms with van der Waals surface area (Å²) in [5, 5.41) is 25.8. The molecule has 22 heavy (non-hydrogen) atoms. The van der Waals surface area contributed by atoms with Gasteiger partial charge in [-0.3, -0.25) is 25.7 Å². The van der Waals surface area contributed by atoms with Crippen LogP contribution >= 0.6 is 0 Å². The Morgan fingerprint density at radius 1 is 1.18 bits per heavy atom. The molecule has 0 aliphatic heterocycles. The van der Waals surface area contributed by atoms with Crippen molar-refractivity contribution in [3.63, 3.8) is 0 Å². The van der Waals surface area contributed by atoms with E-state index in [0.29, 0.717) is 11.8 Å². The molecule has 2 fully saturated rings. The summed E-state index contributed by atoms with van der Waals surface area (Å²) >= 11 is 0. The van der Waals surface area contributed by atoms with Crippen LogP contribution in [0, 0.1) is 38.0 Å². The quantitative estimate of drug-likeness (QED) is 0.509. The maximum absolute atomic E-state index is 11.0. The predicted molar refractivity (Wildman–Crippen MR) is 80.8 cm³/mol.